The van der Waals surface area contributed by atoms with Gasteiger partial charge in [-0.1, -0.05) is 11.6 Å². The number of aromatic nitrogens is 1. The normalized spacial score (nSPS) is 10.0. The van der Waals surface area contributed by atoms with Gasteiger partial charge in [-0.05, 0) is 24.3 Å². The van der Waals surface area contributed by atoms with Crippen LogP contribution in [-0.4, -0.2) is 11.3 Å². The Morgan fingerprint density at radius 1 is 1.35 bits per heavy atom. The predicted octanol–water partition coefficient (Wildman–Crippen LogP) is 3.48. The highest BCUT2D eigenvalue weighted by atomic mass is 35.5. The highest BCUT2D eigenvalue weighted by Crippen LogP contribution is 2.25. The number of aldehydes is 1. The molecule has 1 heterocycles. The van der Waals surface area contributed by atoms with Crippen LogP contribution in [0, 0.1) is 5.82 Å². The molecule has 0 saturated heterocycles. The topological polar surface area (TPSA) is 39.2 Å². The third-order valence-corrected chi connectivity index (χ3v) is 2.34. The van der Waals surface area contributed by atoms with E-state index in [9.17, 15) is 9.18 Å². The van der Waals surface area contributed by atoms with Gasteiger partial charge >= 0.3 is 0 Å². The van der Waals surface area contributed by atoms with Gasteiger partial charge in [0.15, 0.2) is 6.29 Å². The van der Waals surface area contributed by atoms with E-state index >= 15 is 0 Å². The standard InChI is InChI=1S/C12H7ClFNO2/c13-10-4-3-9(6-11(10)14)17-12-8(7-16)2-1-5-15-12/h1-7H. The van der Waals surface area contributed by atoms with Crippen molar-refractivity contribution in [2.45, 2.75) is 0 Å². The van der Waals surface area contributed by atoms with Crippen molar-refractivity contribution in [3.8, 4) is 11.6 Å². The fourth-order valence-corrected chi connectivity index (χ4v) is 1.35. The molecule has 1 aromatic heterocycles. The Labute approximate surface area is 102 Å². The van der Waals surface area contributed by atoms with Crippen LogP contribution in [0.25, 0.3) is 0 Å². The second-order valence-corrected chi connectivity index (χ2v) is 3.60. The second-order valence-electron chi connectivity index (χ2n) is 3.19. The molecule has 0 aliphatic heterocycles. The lowest BCUT2D eigenvalue weighted by molar-refractivity contribution is 0.112. The van der Waals surface area contributed by atoms with Crippen LogP contribution in [0.5, 0.6) is 11.6 Å². The van der Waals surface area contributed by atoms with Crippen molar-refractivity contribution in [2.75, 3.05) is 0 Å². The van der Waals surface area contributed by atoms with Gasteiger partial charge in [0.05, 0.1) is 10.6 Å². The van der Waals surface area contributed by atoms with E-state index < -0.39 is 5.82 Å². The number of hydrogen-bond acceptors (Lipinski definition) is 3. The number of hydrogen-bond donors (Lipinski definition) is 0. The molecular weight excluding hydrogens is 245 g/mol. The van der Waals surface area contributed by atoms with Gasteiger partial charge in [-0.3, -0.25) is 4.79 Å². The molecule has 0 bridgehead atoms. The third kappa shape index (κ3) is 2.60. The predicted molar refractivity (Wildman–Crippen MR) is 61.1 cm³/mol. The van der Waals surface area contributed by atoms with Crippen molar-refractivity contribution in [2.24, 2.45) is 0 Å². The lowest BCUT2D eigenvalue weighted by Crippen LogP contribution is -1.93. The van der Waals surface area contributed by atoms with Crippen LogP contribution in [0.2, 0.25) is 5.02 Å². The summed E-state index contributed by atoms with van der Waals surface area (Å²) in [4.78, 5) is 14.6. The van der Waals surface area contributed by atoms with E-state index in [4.69, 9.17) is 16.3 Å². The first-order valence-corrected chi connectivity index (χ1v) is 5.11. The van der Waals surface area contributed by atoms with Gasteiger partial charge in [0.25, 0.3) is 0 Å². The minimum Gasteiger partial charge on any atom is -0.438 e. The Morgan fingerprint density at radius 2 is 2.18 bits per heavy atom. The van der Waals surface area contributed by atoms with Crippen molar-refractivity contribution in [1.82, 2.24) is 4.98 Å². The van der Waals surface area contributed by atoms with Gasteiger partial charge in [0.1, 0.15) is 11.6 Å². The van der Waals surface area contributed by atoms with Gasteiger partial charge in [-0.2, -0.15) is 0 Å². The highest BCUT2D eigenvalue weighted by Gasteiger charge is 2.07. The number of halogens is 2. The first-order valence-electron chi connectivity index (χ1n) is 4.74. The molecule has 3 nitrogen and oxygen atoms in total. The van der Waals surface area contributed by atoms with Crippen LogP contribution in [0.15, 0.2) is 36.5 Å². The summed E-state index contributed by atoms with van der Waals surface area (Å²) in [5, 5.41) is 0.00832. The summed E-state index contributed by atoms with van der Waals surface area (Å²) < 4.78 is 18.5. The maximum Gasteiger partial charge on any atom is 0.229 e. The lowest BCUT2D eigenvalue weighted by Gasteiger charge is -2.06. The average Bonchev–Trinajstić information content (AvgIpc) is 2.34. The van der Waals surface area contributed by atoms with Gasteiger partial charge in [0, 0.05) is 12.3 Å². The monoisotopic (exact) mass is 251 g/mol. The Bertz CT molecular complexity index is 560. The van der Waals surface area contributed by atoms with E-state index in [2.05, 4.69) is 4.98 Å². The molecule has 0 atom stereocenters. The van der Waals surface area contributed by atoms with E-state index in [0.717, 1.165) is 6.07 Å². The molecule has 2 aromatic rings. The number of ether oxygens (including phenoxy) is 1. The van der Waals surface area contributed by atoms with Crippen molar-refractivity contribution in [3.63, 3.8) is 0 Å². The van der Waals surface area contributed by atoms with Gasteiger partial charge in [-0.25, -0.2) is 9.37 Å². The SMILES string of the molecule is O=Cc1cccnc1Oc1ccc(Cl)c(F)c1. The zero-order valence-electron chi connectivity index (χ0n) is 8.56. The fraction of sp³-hybridized carbons (Fsp3) is 0. The molecule has 0 amide bonds. The summed E-state index contributed by atoms with van der Waals surface area (Å²) in [7, 11) is 0. The largest absolute Gasteiger partial charge is 0.438 e. The van der Waals surface area contributed by atoms with Crippen LogP contribution in [-0.2, 0) is 0 Å². The quantitative estimate of drug-likeness (QED) is 0.784. The number of benzene rings is 1. The zero-order chi connectivity index (χ0) is 12.3. The first-order chi connectivity index (χ1) is 8.20. The van der Waals surface area contributed by atoms with Crippen LogP contribution in [0.1, 0.15) is 10.4 Å². The average molecular weight is 252 g/mol. The Balaban J connectivity index is 2.31. The number of rotatable bonds is 3. The molecule has 5 heteroatoms. The maximum absolute atomic E-state index is 13.2. The van der Waals surface area contributed by atoms with Gasteiger partial charge in [-0.15, -0.1) is 0 Å². The van der Waals surface area contributed by atoms with Crippen molar-refractivity contribution in [3.05, 3.63) is 52.9 Å². The fourth-order valence-electron chi connectivity index (χ4n) is 1.23. The molecule has 0 N–H and O–H groups in total. The molecule has 2 rings (SSSR count). The van der Waals surface area contributed by atoms with E-state index in [1.54, 1.807) is 12.1 Å². The third-order valence-electron chi connectivity index (χ3n) is 2.03. The molecule has 0 unspecified atom stereocenters. The Kier molecular flexibility index (Phi) is 3.35. The minimum atomic E-state index is -0.590. The van der Waals surface area contributed by atoms with Crippen molar-refractivity contribution >= 4 is 17.9 Å². The number of nitrogens with zero attached hydrogens (tertiary/aromatic N) is 1. The Hall–Kier alpha value is -1.94. The van der Waals surface area contributed by atoms with Gasteiger partial charge in [0.2, 0.25) is 5.88 Å². The van der Waals surface area contributed by atoms with Crippen molar-refractivity contribution < 1.29 is 13.9 Å². The summed E-state index contributed by atoms with van der Waals surface area (Å²) >= 11 is 5.54. The minimum absolute atomic E-state index is 0.00832. The zero-order valence-corrected chi connectivity index (χ0v) is 9.32. The second kappa shape index (κ2) is 4.93. The molecular formula is C12H7ClFNO2. The number of carbonyl (C=O) groups excluding carboxylic acids is 1. The number of carbonyl (C=O) groups is 1. The molecule has 0 aliphatic carbocycles. The summed E-state index contributed by atoms with van der Waals surface area (Å²) in [6.07, 6.45) is 2.10. The van der Waals surface area contributed by atoms with Crippen LogP contribution < -0.4 is 4.74 Å². The molecule has 0 aliphatic rings. The summed E-state index contributed by atoms with van der Waals surface area (Å²) in [6.45, 7) is 0. The highest BCUT2D eigenvalue weighted by molar-refractivity contribution is 6.30. The summed E-state index contributed by atoms with van der Waals surface area (Å²) in [6, 6.07) is 7.16. The molecule has 0 radical (unpaired) electrons. The molecule has 0 saturated carbocycles. The molecule has 1 aromatic carbocycles. The molecule has 17 heavy (non-hydrogen) atoms. The molecule has 86 valence electrons. The van der Waals surface area contributed by atoms with Crippen LogP contribution >= 0.6 is 11.6 Å². The Morgan fingerprint density at radius 3 is 2.88 bits per heavy atom. The van der Waals surface area contributed by atoms with E-state index in [1.807, 2.05) is 0 Å². The lowest BCUT2D eigenvalue weighted by atomic mass is 10.3. The van der Waals surface area contributed by atoms with E-state index in [0.29, 0.717) is 11.8 Å². The van der Waals surface area contributed by atoms with Crippen LogP contribution in [0.4, 0.5) is 4.39 Å². The smallest absolute Gasteiger partial charge is 0.229 e. The van der Waals surface area contributed by atoms with Crippen LogP contribution in [0.3, 0.4) is 0 Å². The first kappa shape index (κ1) is 11.5. The maximum atomic E-state index is 13.2. The number of pyridine rings is 1. The van der Waals surface area contributed by atoms with Crippen molar-refractivity contribution in [1.29, 1.82) is 0 Å². The van der Waals surface area contributed by atoms with E-state index in [-0.39, 0.29) is 16.7 Å². The summed E-state index contributed by atoms with van der Waals surface area (Å²) in [5.41, 5.74) is 0.294. The molecule has 0 fully saturated rings. The van der Waals surface area contributed by atoms with E-state index in [1.165, 1.54) is 18.3 Å². The molecule has 0 spiro atoms. The van der Waals surface area contributed by atoms with Gasteiger partial charge < -0.3 is 4.74 Å². The summed E-state index contributed by atoms with van der Waals surface area (Å²) in [5.74, 6) is -0.231.